The van der Waals surface area contributed by atoms with Gasteiger partial charge in [0, 0.05) is 43.5 Å². The lowest BCUT2D eigenvalue weighted by Crippen LogP contribution is -2.44. The molecule has 3 rings (SSSR count). The second kappa shape index (κ2) is 6.62. The normalized spacial score (nSPS) is 15.4. The van der Waals surface area contributed by atoms with Gasteiger partial charge in [-0.1, -0.05) is 0 Å². The summed E-state index contributed by atoms with van der Waals surface area (Å²) >= 11 is 0. The number of nitrogens with two attached hydrogens (primary N) is 1. The van der Waals surface area contributed by atoms with Gasteiger partial charge in [-0.2, -0.15) is 0 Å². The molecule has 120 valence electrons. The summed E-state index contributed by atoms with van der Waals surface area (Å²) in [5, 5.41) is 3.22. The van der Waals surface area contributed by atoms with E-state index in [4.69, 9.17) is 5.73 Å². The summed E-state index contributed by atoms with van der Waals surface area (Å²) < 4.78 is 0. The molecule has 0 saturated carbocycles. The number of piperazine rings is 1. The van der Waals surface area contributed by atoms with Crippen LogP contribution in [0.2, 0.25) is 0 Å². The first-order valence-corrected chi connectivity index (χ1v) is 7.54. The topological polar surface area (TPSA) is 87.4 Å². The summed E-state index contributed by atoms with van der Waals surface area (Å²) in [4.78, 5) is 24.3. The molecule has 23 heavy (non-hydrogen) atoms. The number of hydrogen-bond acceptors (Lipinski definition) is 6. The van der Waals surface area contributed by atoms with Gasteiger partial charge in [0.1, 0.15) is 18.0 Å². The maximum absolute atomic E-state index is 11.1. The Morgan fingerprint density at radius 1 is 1.13 bits per heavy atom. The maximum Gasteiger partial charge on any atom is 0.248 e. The maximum atomic E-state index is 11.1. The van der Waals surface area contributed by atoms with E-state index in [0.717, 1.165) is 43.5 Å². The molecule has 0 bridgehead atoms. The number of amides is 1. The van der Waals surface area contributed by atoms with Crippen molar-refractivity contribution >= 4 is 23.2 Å². The summed E-state index contributed by atoms with van der Waals surface area (Å²) in [5.74, 6) is 1.21. The first kappa shape index (κ1) is 15.2. The second-order valence-corrected chi connectivity index (χ2v) is 5.62. The summed E-state index contributed by atoms with van der Waals surface area (Å²) in [5.41, 5.74) is 6.57. The van der Waals surface area contributed by atoms with Gasteiger partial charge in [-0.15, -0.1) is 0 Å². The standard InChI is InChI=1S/C16H20N6O/c1-21-6-8-22(9-7-21)15-10-14(18-11-19-15)20-13-4-2-12(3-5-13)16(17)23/h2-5,10-11H,6-9H2,1H3,(H2,17,23)(H,18,19,20). The molecule has 3 N–H and O–H groups in total. The van der Waals surface area contributed by atoms with Gasteiger partial charge in [-0.3, -0.25) is 4.79 Å². The molecule has 1 aliphatic rings. The van der Waals surface area contributed by atoms with E-state index in [1.54, 1.807) is 30.6 Å². The number of benzene rings is 1. The third-order valence-corrected chi connectivity index (χ3v) is 3.92. The summed E-state index contributed by atoms with van der Waals surface area (Å²) in [6, 6.07) is 8.92. The second-order valence-electron chi connectivity index (χ2n) is 5.62. The Morgan fingerprint density at radius 3 is 2.48 bits per heavy atom. The lowest BCUT2D eigenvalue weighted by Gasteiger charge is -2.33. The van der Waals surface area contributed by atoms with E-state index in [2.05, 4.69) is 32.1 Å². The summed E-state index contributed by atoms with van der Waals surface area (Å²) in [7, 11) is 2.13. The van der Waals surface area contributed by atoms with Crippen molar-refractivity contribution in [1.29, 1.82) is 0 Å². The Kier molecular flexibility index (Phi) is 4.38. The number of nitrogens with one attached hydrogen (secondary N) is 1. The van der Waals surface area contributed by atoms with Crippen LogP contribution in [0.3, 0.4) is 0 Å². The molecule has 0 atom stereocenters. The zero-order valence-corrected chi connectivity index (χ0v) is 13.1. The smallest absolute Gasteiger partial charge is 0.248 e. The Labute approximate surface area is 135 Å². The zero-order chi connectivity index (χ0) is 16.2. The number of nitrogens with zero attached hydrogens (tertiary/aromatic N) is 4. The SMILES string of the molecule is CN1CCN(c2cc(Nc3ccc(C(N)=O)cc3)ncn2)CC1. The Bertz CT molecular complexity index is 679. The average molecular weight is 312 g/mol. The molecule has 0 radical (unpaired) electrons. The van der Waals surface area contributed by atoms with E-state index in [1.165, 1.54) is 0 Å². The largest absolute Gasteiger partial charge is 0.366 e. The van der Waals surface area contributed by atoms with Crippen molar-refractivity contribution in [1.82, 2.24) is 14.9 Å². The molecule has 2 heterocycles. The number of carbonyl (C=O) groups excluding carboxylic acids is 1. The van der Waals surface area contributed by atoms with Crippen molar-refractivity contribution in [3.63, 3.8) is 0 Å². The molecule has 0 spiro atoms. The van der Waals surface area contributed by atoms with Gasteiger partial charge in [0.2, 0.25) is 5.91 Å². The van der Waals surface area contributed by atoms with Crippen molar-refractivity contribution in [2.75, 3.05) is 43.4 Å². The first-order valence-electron chi connectivity index (χ1n) is 7.54. The van der Waals surface area contributed by atoms with Crippen molar-refractivity contribution in [3.8, 4) is 0 Å². The molecule has 7 heteroatoms. The Hall–Kier alpha value is -2.67. The molecule has 7 nitrogen and oxygen atoms in total. The molecule has 1 aromatic carbocycles. The van der Waals surface area contributed by atoms with Crippen molar-refractivity contribution < 1.29 is 4.79 Å². The van der Waals surface area contributed by atoms with Crippen LogP contribution in [0.4, 0.5) is 17.3 Å². The lowest BCUT2D eigenvalue weighted by molar-refractivity contribution is 0.100. The van der Waals surface area contributed by atoms with Crippen molar-refractivity contribution in [3.05, 3.63) is 42.2 Å². The van der Waals surface area contributed by atoms with Gasteiger partial charge < -0.3 is 20.9 Å². The van der Waals surface area contributed by atoms with Gasteiger partial charge in [-0.25, -0.2) is 9.97 Å². The quantitative estimate of drug-likeness (QED) is 0.878. The fourth-order valence-electron chi connectivity index (χ4n) is 2.49. The van der Waals surface area contributed by atoms with E-state index in [0.29, 0.717) is 5.56 Å². The average Bonchev–Trinajstić information content (AvgIpc) is 2.56. The number of aromatic nitrogens is 2. The Morgan fingerprint density at radius 2 is 1.83 bits per heavy atom. The van der Waals surface area contributed by atoms with Gasteiger partial charge >= 0.3 is 0 Å². The third-order valence-electron chi connectivity index (χ3n) is 3.92. The van der Waals surface area contributed by atoms with Crippen molar-refractivity contribution in [2.45, 2.75) is 0 Å². The highest BCUT2D eigenvalue weighted by Crippen LogP contribution is 2.19. The molecule has 1 amide bonds. The van der Waals surface area contributed by atoms with Crippen LogP contribution in [-0.4, -0.2) is 54.0 Å². The van der Waals surface area contributed by atoms with Crippen molar-refractivity contribution in [2.24, 2.45) is 5.73 Å². The van der Waals surface area contributed by atoms with Gasteiger partial charge in [-0.05, 0) is 31.3 Å². The van der Waals surface area contributed by atoms with Gasteiger partial charge in [0.15, 0.2) is 0 Å². The van der Waals surface area contributed by atoms with Crippen LogP contribution >= 0.6 is 0 Å². The molecule has 2 aromatic rings. The van der Waals surface area contributed by atoms with Crippen LogP contribution in [0.15, 0.2) is 36.7 Å². The fourth-order valence-corrected chi connectivity index (χ4v) is 2.49. The molecular weight excluding hydrogens is 292 g/mol. The van der Waals surface area contributed by atoms with Crippen LogP contribution in [-0.2, 0) is 0 Å². The van der Waals surface area contributed by atoms with Crippen LogP contribution in [0.5, 0.6) is 0 Å². The molecular formula is C16H20N6O. The number of anilines is 3. The monoisotopic (exact) mass is 312 g/mol. The number of hydrogen-bond donors (Lipinski definition) is 2. The van der Waals surface area contributed by atoms with Crippen LogP contribution in [0.1, 0.15) is 10.4 Å². The van der Waals surface area contributed by atoms with E-state index < -0.39 is 5.91 Å². The van der Waals surface area contributed by atoms with Gasteiger partial charge in [0.05, 0.1) is 0 Å². The number of rotatable bonds is 4. The lowest BCUT2D eigenvalue weighted by atomic mass is 10.2. The molecule has 0 unspecified atom stereocenters. The van der Waals surface area contributed by atoms with E-state index in [9.17, 15) is 4.79 Å². The molecule has 0 aliphatic carbocycles. The summed E-state index contributed by atoms with van der Waals surface area (Å²) in [6.45, 7) is 3.98. The third kappa shape index (κ3) is 3.75. The predicted octanol–water partition coefficient (Wildman–Crippen LogP) is 1.07. The van der Waals surface area contributed by atoms with E-state index in [1.807, 2.05) is 6.07 Å². The minimum atomic E-state index is -0.434. The van der Waals surface area contributed by atoms with Crippen LogP contribution in [0, 0.1) is 0 Å². The Balaban J connectivity index is 1.71. The van der Waals surface area contributed by atoms with E-state index >= 15 is 0 Å². The minimum absolute atomic E-state index is 0.434. The molecule has 1 saturated heterocycles. The minimum Gasteiger partial charge on any atom is -0.366 e. The zero-order valence-electron chi connectivity index (χ0n) is 13.1. The molecule has 1 aliphatic heterocycles. The predicted molar refractivity (Wildman–Crippen MR) is 90.0 cm³/mol. The summed E-state index contributed by atoms with van der Waals surface area (Å²) in [6.07, 6.45) is 1.56. The van der Waals surface area contributed by atoms with Crippen LogP contribution in [0.25, 0.3) is 0 Å². The highest BCUT2D eigenvalue weighted by Gasteiger charge is 2.15. The number of primary amides is 1. The molecule has 1 fully saturated rings. The van der Waals surface area contributed by atoms with E-state index in [-0.39, 0.29) is 0 Å². The van der Waals surface area contributed by atoms with Gasteiger partial charge in [0.25, 0.3) is 0 Å². The number of likely N-dealkylation sites (N-methyl/N-ethyl adjacent to an activating group) is 1. The highest BCUT2D eigenvalue weighted by atomic mass is 16.1. The molecule has 1 aromatic heterocycles. The highest BCUT2D eigenvalue weighted by molar-refractivity contribution is 5.93. The first-order chi connectivity index (χ1) is 11.1. The number of carbonyl (C=O) groups is 1. The van der Waals surface area contributed by atoms with Crippen LogP contribution < -0.4 is 16.0 Å². The fraction of sp³-hybridized carbons (Fsp3) is 0.312.